The van der Waals surface area contributed by atoms with E-state index in [9.17, 15) is 0 Å². The molecule has 1 saturated carbocycles. The van der Waals surface area contributed by atoms with Gasteiger partial charge in [-0.3, -0.25) is 4.84 Å². The van der Waals surface area contributed by atoms with Crippen molar-refractivity contribution in [2.24, 2.45) is 10.8 Å². The van der Waals surface area contributed by atoms with Crippen molar-refractivity contribution in [3.05, 3.63) is 77.4 Å². The maximum absolute atomic E-state index is 6.58. The van der Waals surface area contributed by atoms with E-state index in [0.717, 1.165) is 5.69 Å². The molecule has 1 heterocycles. The molecule has 0 spiro atoms. The molecule has 2 nitrogen and oxygen atoms in total. The third-order valence-electron chi connectivity index (χ3n) is 6.63. The molecule has 136 valence electrons. The molecule has 2 aliphatic rings. The highest BCUT2D eigenvalue weighted by Crippen LogP contribution is 2.72. The van der Waals surface area contributed by atoms with Gasteiger partial charge in [-0.05, 0) is 47.9 Å². The molecule has 1 saturated heterocycles. The predicted molar refractivity (Wildman–Crippen MR) is 108 cm³/mol. The molecule has 0 N–H and O–H groups in total. The van der Waals surface area contributed by atoms with Gasteiger partial charge in [-0.25, -0.2) is 5.06 Å². The van der Waals surface area contributed by atoms with E-state index in [2.05, 4.69) is 107 Å². The molecule has 1 atom stereocenters. The van der Waals surface area contributed by atoms with Gasteiger partial charge in [-0.15, -0.1) is 0 Å². The molecule has 0 radical (unpaired) electrons. The van der Waals surface area contributed by atoms with E-state index in [0.29, 0.717) is 0 Å². The predicted octanol–water partition coefficient (Wildman–Crippen LogP) is 6.32. The number of benzene rings is 2. The van der Waals surface area contributed by atoms with E-state index in [4.69, 9.17) is 4.84 Å². The normalized spacial score (nSPS) is 25.5. The Morgan fingerprint density at radius 2 is 1.23 bits per heavy atom. The van der Waals surface area contributed by atoms with Crippen LogP contribution in [-0.2, 0) is 4.84 Å². The smallest absolute Gasteiger partial charge is 0.114 e. The van der Waals surface area contributed by atoms with Crippen molar-refractivity contribution in [3.63, 3.8) is 0 Å². The van der Waals surface area contributed by atoms with Crippen LogP contribution in [0.2, 0.25) is 0 Å². The van der Waals surface area contributed by atoms with Gasteiger partial charge in [0.2, 0.25) is 0 Å². The highest BCUT2D eigenvalue weighted by molar-refractivity contribution is 5.59. The third kappa shape index (κ3) is 2.35. The summed E-state index contributed by atoms with van der Waals surface area (Å²) in [7, 11) is 0. The zero-order chi connectivity index (χ0) is 18.7. The van der Waals surface area contributed by atoms with E-state index < -0.39 is 0 Å². The molecule has 0 amide bonds. The fourth-order valence-electron chi connectivity index (χ4n) is 4.65. The van der Waals surface area contributed by atoms with Crippen molar-refractivity contribution >= 4 is 5.69 Å². The lowest BCUT2D eigenvalue weighted by Crippen LogP contribution is -2.25. The zero-order valence-electron chi connectivity index (χ0n) is 16.7. The molecule has 1 aliphatic heterocycles. The Balaban J connectivity index is 1.94. The van der Waals surface area contributed by atoms with E-state index >= 15 is 0 Å². The largest absolute Gasteiger partial charge is 0.262 e. The van der Waals surface area contributed by atoms with E-state index in [-0.39, 0.29) is 22.5 Å². The number of para-hydroxylation sites is 1. The van der Waals surface area contributed by atoms with Gasteiger partial charge < -0.3 is 0 Å². The van der Waals surface area contributed by atoms with E-state index in [1.54, 1.807) is 5.57 Å². The van der Waals surface area contributed by atoms with E-state index in [1.165, 1.54) is 11.1 Å². The fraction of sp³-hybridized carbons (Fsp3) is 0.417. The second-order valence-corrected chi connectivity index (χ2v) is 9.11. The lowest BCUT2D eigenvalue weighted by Gasteiger charge is -2.25. The van der Waals surface area contributed by atoms with Gasteiger partial charge in [0.1, 0.15) is 11.6 Å². The average molecular weight is 348 g/mol. The summed E-state index contributed by atoms with van der Waals surface area (Å²) in [5.41, 5.74) is 5.40. The van der Waals surface area contributed by atoms with Crippen molar-refractivity contribution in [1.29, 1.82) is 0 Å². The Labute approximate surface area is 157 Å². The lowest BCUT2D eigenvalue weighted by atomic mass is 9.86. The Hall–Kier alpha value is -2.06. The zero-order valence-corrected chi connectivity index (χ0v) is 16.7. The first-order chi connectivity index (χ1) is 12.2. The van der Waals surface area contributed by atoms with Crippen molar-refractivity contribution in [3.8, 4) is 0 Å². The summed E-state index contributed by atoms with van der Waals surface area (Å²) in [5.74, 6) is 0. The highest BCUT2D eigenvalue weighted by atomic mass is 16.7. The monoisotopic (exact) mass is 347 g/mol. The topological polar surface area (TPSA) is 12.5 Å². The maximum Gasteiger partial charge on any atom is 0.114 e. The second-order valence-electron chi connectivity index (χ2n) is 9.11. The summed E-state index contributed by atoms with van der Waals surface area (Å²) >= 11 is 0. The number of allylic oxidation sites excluding steroid dienone is 1. The van der Waals surface area contributed by atoms with Gasteiger partial charge in [-0.1, -0.05) is 81.8 Å². The molecular weight excluding hydrogens is 318 g/mol. The Bertz CT molecular complexity index is 830. The second kappa shape index (κ2) is 5.47. The van der Waals surface area contributed by atoms with Crippen LogP contribution < -0.4 is 5.06 Å². The molecule has 1 aliphatic carbocycles. The van der Waals surface area contributed by atoms with Crippen LogP contribution in [0.4, 0.5) is 5.69 Å². The van der Waals surface area contributed by atoms with Crippen LogP contribution in [0, 0.1) is 10.8 Å². The van der Waals surface area contributed by atoms with Crippen LogP contribution in [0.3, 0.4) is 0 Å². The summed E-state index contributed by atoms with van der Waals surface area (Å²) in [4.78, 5) is 6.58. The van der Waals surface area contributed by atoms with Crippen molar-refractivity contribution in [2.75, 3.05) is 5.06 Å². The summed E-state index contributed by atoms with van der Waals surface area (Å²) in [6, 6.07) is 21.3. The molecular formula is C24H29NO. The third-order valence-corrected chi connectivity index (χ3v) is 6.63. The SMILES string of the molecule is CC1(C)ON(c2ccccc2)C(c2ccccc2)C1=C1C(C)(C)C1(C)C. The van der Waals surface area contributed by atoms with Gasteiger partial charge in [0, 0.05) is 0 Å². The molecule has 2 aromatic carbocycles. The number of hydrogen-bond donors (Lipinski definition) is 0. The van der Waals surface area contributed by atoms with Crippen LogP contribution >= 0.6 is 0 Å². The molecule has 2 fully saturated rings. The van der Waals surface area contributed by atoms with Gasteiger partial charge in [-0.2, -0.15) is 0 Å². The van der Waals surface area contributed by atoms with Gasteiger partial charge in [0.25, 0.3) is 0 Å². The molecule has 2 aromatic rings. The Morgan fingerprint density at radius 3 is 1.73 bits per heavy atom. The standard InChI is InChI=1S/C24H29NO/c1-22(2)21(23(22,3)4)19-20(17-13-9-7-10-14-17)25(26-24(19,5)6)18-15-11-8-12-16-18/h7-16,20H,1-6H3. The minimum atomic E-state index is -0.337. The Kier molecular flexibility index (Phi) is 3.65. The Morgan fingerprint density at radius 1 is 0.731 bits per heavy atom. The van der Waals surface area contributed by atoms with Crippen molar-refractivity contribution in [2.45, 2.75) is 53.2 Å². The average Bonchev–Trinajstić information content (AvgIpc) is 2.85. The molecule has 0 aromatic heterocycles. The molecule has 2 heteroatoms. The number of anilines is 1. The quantitative estimate of drug-likeness (QED) is 0.589. The summed E-state index contributed by atoms with van der Waals surface area (Å²) < 4.78 is 0. The van der Waals surface area contributed by atoms with Crippen molar-refractivity contribution in [1.82, 2.24) is 0 Å². The summed E-state index contributed by atoms with van der Waals surface area (Å²) in [6.07, 6.45) is 0. The minimum absolute atomic E-state index is 0.102. The molecule has 1 unspecified atom stereocenters. The minimum Gasteiger partial charge on any atom is -0.262 e. The van der Waals surface area contributed by atoms with Gasteiger partial charge >= 0.3 is 0 Å². The van der Waals surface area contributed by atoms with E-state index in [1.807, 2.05) is 0 Å². The van der Waals surface area contributed by atoms with Gasteiger partial charge in [0.05, 0.1) is 5.69 Å². The maximum atomic E-state index is 6.58. The number of rotatable bonds is 2. The molecule has 26 heavy (non-hydrogen) atoms. The molecule has 4 rings (SSSR count). The van der Waals surface area contributed by atoms with Crippen LogP contribution in [-0.4, -0.2) is 5.60 Å². The first kappa shape index (κ1) is 17.4. The first-order valence-electron chi connectivity index (χ1n) is 9.52. The lowest BCUT2D eigenvalue weighted by molar-refractivity contribution is 0.0301. The fourth-order valence-corrected chi connectivity index (χ4v) is 4.65. The molecule has 0 bridgehead atoms. The summed E-state index contributed by atoms with van der Waals surface area (Å²) in [6.45, 7) is 13.9. The first-order valence-corrected chi connectivity index (χ1v) is 9.52. The number of hydrogen-bond acceptors (Lipinski definition) is 2. The number of hydroxylamine groups is 1. The van der Waals surface area contributed by atoms with Gasteiger partial charge in [0.15, 0.2) is 0 Å². The van der Waals surface area contributed by atoms with Crippen LogP contribution in [0.25, 0.3) is 0 Å². The highest BCUT2D eigenvalue weighted by Gasteiger charge is 2.64. The number of nitrogens with zero attached hydrogens (tertiary/aromatic N) is 1. The van der Waals surface area contributed by atoms with Crippen LogP contribution in [0.1, 0.15) is 53.1 Å². The summed E-state index contributed by atoms with van der Waals surface area (Å²) in [5, 5.41) is 2.11. The van der Waals surface area contributed by atoms with Crippen LogP contribution in [0.5, 0.6) is 0 Å². The van der Waals surface area contributed by atoms with Crippen LogP contribution in [0.15, 0.2) is 71.8 Å². The van der Waals surface area contributed by atoms with Crippen molar-refractivity contribution < 1.29 is 4.84 Å².